The summed E-state index contributed by atoms with van der Waals surface area (Å²) < 4.78 is 0. The molecule has 0 heterocycles. The highest BCUT2D eigenvalue weighted by molar-refractivity contribution is 4.84. The summed E-state index contributed by atoms with van der Waals surface area (Å²) in [6.45, 7) is 6.32. The molecule has 4 nitrogen and oxygen atoms in total. The Kier molecular flexibility index (Phi) is 4.26. The first-order valence-corrected chi connectivity index (χ1v) is 3.58. The van der Waals surface area contributed by atoms with Gasteiger partial charge in [0.15, 0.2) is 0 Å². The maximum absolute atomic E-state index is 10.1. The maximum atomic E-state index is 10.1. The molecule has 0 aliphatic heterocycles. The minimum Gasteiger partial charge on any atom is -0.385 e. The van der Waals surface area contributed by atoms with Crippen molar-refractivity contribution < 1.29 is 4.92 Å². The van der Waals surface area contributed by atoms with E-state index >= 15 is 0 Å². The molecule has 0 unspecified atom stereocenters. The quantitative estimate of drug-likeness (QED) is 0.496. The lowest BCUT2D eigenvalue weighted by molar-refractivity contribution is -0.424. The van der Waals surface area contributed by atoms with Gasteiger partial charge >= 0.3 is 0 Å². The monoisotopic (exact) mass is 158 g/mol. The fourth-order valence-electron chi connectivity index (χ4n) is 0.495. The summed E-state index contributed by atoms with van der Waals surface area (Å²) in [4.78, 5) is 9.66. The summed E-state index contributed by atoms with van der Waals surface area (Å²) in [5, 5.41) is 12.9. The van der Waals surface area contributed by atoms with Crippen LogP contribution in [0.3, 0.4) is 0 Å². The topological polar surface area (TPSA) is 55.2 Å². The minimum atomic E-state index is -0.409. The van der Waals surface area contributed by atoms with Crippen molar-refractivity contribution in [2.75, 3.05) is 6.54 Å². The second-order valence-electron chi connectivity index (χ2n) is 2.84. The molecule has 0 aliphatic rings. The molecular weight excluding hydrogens is 144 g/mol. The number of nitrogens with zero attached hydrogens (tertiary/aromatic N) is 1. The van der Waals surface area contributed by atoms with Gasteiger partial charge in [0.25, 0.3) is 5.70 Å². The highest BCUT2D eigenvalue weighted by atomic mass is 16.6. The van der Waals surface area contributed by atoms with E-state index in [9.17, 15) is 10.1 Å². The van der Waals surface area contributed by atoms with E-state index in [1.807, 2.05) is 13.8 Å². The van der Waals surface area contributed by atoms with Crippen LogP contribution >= 0.6 is 0 Å². The van der Waals surface area contributed by atoms with Crippen molar-refractivity contribution in [3.05, 3.63) is 22.0 Å². The Morgan fingerprint density at radius 3 is 2.64 bits per heavy atom. The molecule has 0 aromatic carbocycles. The van der Waals surface area contributed by atoms with Crippen LogP contribution in [0.15, 0.2) is 11.9 Å². The molecule has 0 saturated heterocycles. The SMILES string of the molecule is C/C(=C/NCC(C)C)[N+](=O)[O-]. The van der Waals surface area contributed by atoms with Crippen LogP contribution in [0.25, 0.3) is 0 Å². The second kappa shape index (κ2) is 4.71. The molecular formula is C7H14N2O2. The first-order chi connectivity index (χ1) is 5.04. The van der Waals surface area contributed by atoms with Gasteiger partial charge in [-0.3, -0.25) is 10.1 Å². The van der Waals surface area contributed by atoms with Crippen molar-refractivity contribution in [3.8, 4) is 0 Å². The maximum Gasteiger partial charge on any atom is 0.258 e. The van der Waals surface area contributed by atoms with Gasteiger partial charge < -0.3 is 5.32 Å². The average Bonchev–Trinajstić information content (AvgIpc) is 1.86. The van der Waals surface area contributed by atoms with Crippen LogP contribution in [0.5, 0.6) is 0 Å². The largest absolute Gasteiger partial charge is 0.385 e. The molecule has 1 N–H and O–H groups in total. The Hall–Kier alpha value is -1.06. The van der Waals surface area contributed by atoms with Gasteiger partial charge in [-0.25, -0.2) is 0 Å². The minimum absolute atomic E-state index is 0.144. The molecule has 64 valence electrons. The molecule has 0 aromatic heterocycles. The lowest BCUT2D eigenvalue weighted by atomic mass is 10.2. The van der Waals surface area contributed by atoms with Gasteiger partial charge in [0.1, 0.15) is 0 Å². The van der Waals surface area contributed by atoms with Gasteiger partial charge in [-0.05, 0) is 5.92 Å². The highest BCUT2D eigenvalue weighted by Gasteiger charge is 1.99. The molecule has 0 aromatic rings. The Bertz CT molecular complexity index is 164. The fraction of sp³-hybridized carbons (Fsp3) is 0.714. The van der Waals surface area contributed by atoms with E-state index in [1.165, 1.54) is 13.1 Å². The van der Waals surface area contributed by atoms with E-state index in [-0.39, 0.29) is 5.70 Å². The van der Waals surface area contributed by atoms with Crippen molar-refractivity contribution in [1.82, 2.24) is 5.32 Å². The zero-order chi connectivity index (χ0) is 8.85. The van der Waals surface area contributed by atoms with Crippen LogP contribution in [0.2, 0.25) is 0 Å². The van der Waals surface area contributed by atoms with E-state index in [2.05, 4.69) is 5.32 Å². The van der Waals surface area contributed by atoms with Crippen LogP contribution in [0.4, 0.5) is 0 Å². The van der Waals surface area contributed by atoms with Gasteiger partial charge in [-0.2, -0.15) is 0 Å². The van der Waals surface area contributed by atoms with Gasteiger partial charge in [0, 0.05) is 13.5 Å². The van der Waals surface area contributed by atoms with E-state index < -0.39 is 4.92 Å². The van der Waals surface area contributed by atoms with Gasteiger partial charge in [0.2, 0.25) is 0 Å². The molecule has 0 rings (SSSR count). The molecule has 0 fully saturated rings. The zero-order valence-electron chi connectivity index (χ0n) is 7.13. The van der Waals surface area contributed by atoms with E-state index in [4.69, 9.17) is 0 Å². The molecule has 0 amide bonds. The summed E-state index contributed by atoms with van der Waals surface area (Å²) in [6.07, 6.45) is 1.43. The summed E-state index contributed by atoms with van der Waals surface area (Å²) in [7, 11) is 0. The van der Waals surface area contributed by atoms with Crippen LogP contribution in [-0.4, -0.2) is 11.5 Å². The van der Waals surface area contributed by atoms with Gasteiger partial charge in [-0.15, -0.1) is 0 Å². The summed E-state index contributed by atoms with van der Waals surface area (Å²) in [5.41, 5.74) is 0.144. The number of nitrogens with one attached hydrogen (secondary N) is 1. The first kappa shape index (κ1) is 9.94. The molecule has 4 heteroatoms. The van der Waals surface area contributed by atoms with Crippen molar-refractivity contribution in [1.29, 1.82) is 0 Å². The number of nitro groups is 1. The van der Waals surface area contributed by atoms with E-state index in [1.54, 1.807) is 0 Å². The van der Waals surface area contributed by atoms with Crippen molar-refractivity contribution in [2.24, 2.45) is 5.92 Å². The molecule has 0 spiro atoms. The van der Waals surface area contributed by atoms with Crippen molar-refractivity contribution in [2.45, 2.75) is 20.8 Å². The summed E-state index contributed by atoms with van der Waals surface area (Å²) in [5.74, 6) is 0.505. The number of rotatable bonds is 4. The Morgan fingerprint density at radius 2 is 2.27 bits per heavy atom. The predicted octanol–water partition coefficient (Wildman–Crippen LogP) is 1.37. The van der Waals surface area contributed by atoms with E-state index in [0.717, 1.165) is 6.54 Å². The molecule has 0 atom stereocenters. The Labute approximate surface area is 66.4 Å². The average molecular weight is 158 g/mol. The van der Waals surface area contributed by atoms with E-state index in [0.29, 0.717) is 5.92 Å². The predicted molar refractivity (Wildman–Crippen MR) is 43.6 cm³/mol. The Balaban J connectivity index is 3.65. The summed E-state index contributed by atoms with van der Waals surface area (Å²) >= 11 is 0. The van der Waals surface area contributed by atoms with Crippen LogP contribution < -0.4 is 5.32 Å². The smallest absolute Gasteiger partial charge is 0.258 e. The van der Waals surface area contributed by atoms with Crippen LogP contribution in [0, 0.1) is 16.0 Å². The third-order valence-electron chi connectivity index (χ3n) is 1.13. The first-order valence-electron chi connectivity index (χ1n) is 3.58. The standard InChI is InChI=1S/C7H14N2O2/c1-6(2)4-8-5-7(3)9(10)11/h5-6,8H,4H2,1-3H3/b7-5-. The zero-order valence-corrected chi connectivity index (χ0v) is 7.13. The lowest BCUT2D eigenvalue weighted by Crippen LogP contribution is -2.14. The van der Waals surface area contributed by atoms with Crippen molar-refractivity contribution in [3.63, 3.8) is 0 Å². The van der Waals surface area contributed by atoms with Gasteiger partial charge in [0.05, 0.1) is 11.1 Å². The number of allylic oxidation sites excluding steroid dienone is 1. The third-order valence-corrected chi connectivity index (χ3v) is 1.13. The molecule has 0 bridgehead atoms. The third kappa shape index (κ3) is 5.39. The Morgan fingerprint density at radius 1 is 1.73 bits per heavy atom. The molecule has 0 radical (unpaired) electrons. The van der Waals surface area contributed by atoms with Crippen LogP contribution in [0.1, 0.15) is 20.8 Å². The number of hydrogen-bond acceptors (Lipinski definition) is 3. The second-order valence-corrected chi connectivity index (χ2v) is 2.84. The molecule has 11 heavy (non-hydrogen) atoms. The highest BCUT2D eigenvalue weighted by Crippen LogP contribution is 1.91. The van der Waals surface area contributed by atoms with Crippen molar-refractivity contribution >= 4 is 0 Å². The fourth-order valence-corrected chi connectivity index (χ4v) is 0.495. The van der Waals surface area contributed by atoms with Gasteiger partial charge in [-0.1, -0.05) is 13.8 Å². The molecule has 0 aliphatic carbocycles. The van der Waals surface area contributed by atoms with Crippen LogP contribution in [-0.2, 0) is 0 Å². The normalized spacial score (nSPS) is 11.8. The molecule has 0 saturated carbocycles. The number of hydrogen-bond donors (Lipinski definition) is 1. The lowest BCUT2D eigenvalue weighted by Gasteiger charge is -2.02. The summed E-state index contributed by atoms with van der Waals surface area (Å²) in [6, 6.07) is 0.